The summed E-state index contributed by atoms with van der Waals surface area (Å²) < 4.78 is 5.56. The molecule has 0 atom stereocenters. The van der Waals surface area contributed by atoms with Crippen LogP contribution in [0.4, 0.5) is 0 Å². The summed E-state index contributed by atoms with van der Waals surface area (Å²) in [6.45, 7) is 5.50. The first-order valence-corrected chi connectivity index (χ1v) is 10.2. The standard InChI is InChI=1S/C22H21N3O2S/c1-3-12-25(4-2)22(26)19-14-23-21(28-19)20-17-11-10-16(13-18(17)27-24-20)15-8-6-5-7-9-15/h5-11,13-14H,3-4,12H2,1-2H3. The van der Waals surface area contributed by atoms with Crippen LogP contribution in [0.1, 0.15) is 29.9 Å². The van der Waals surface area contributed by atoms with Crippen LogP contribution in [0.2, 0.25) is 0 Å². The highest BCUT2D eigenvalue weighted by Gasteiger charge is 2.20. The number of fused-ring (bicyclic) bond motifs is 1. The minimum atomic E-state index is 0.0206. The van der Waals surface area contributed by atoms with Crippen LogP contribution in [0, 0.1) is 0 Å². The molecule has 4 aromatic rings. The molecule has 2 aromatic heterocycles. The number of hydrogen-bond acceptors (Lipinski definition) is 5. The number of nitrogens with zero attached hydrogens (tertiary/aromatic N) is 3. The molecule has 0 unspecified atom stereocenters. The number of carbonyl (C=O) groups excluding carboxylic acids is 1. The summed E-state index contributed by atoms with van der Waals surface area (Å²) in [6, 6.07) is 16.2. The molecule has 1 amide bonds. The second-order valence-electron chi connectivity index (χ2n) is 6.52. The lowest BCUT2D eigenvalue weighted by Crippen LogP contribution is -2.30. The molecule has 0 aliphatic heterocycles. The first-order valence-electron chi connectivity index (χ1n) is 9.41. The maximum Gasteiger partial charge on any atom is 0.265 e. The number of benzene rings is 2. The van der Waals surface area contributed by atoms with Gasteiger partial charge in [-0.05, 0) is 36.6 Å². The maximum absolute atomic E-state index is 12.7. The number of rotatable bonds is 6. The minimum Gasteiger partial charge on any atom is -0.356 e. The molecule has 0 aliphatic rings. The van der Waals surface area contributed by atoms with Crippen LogP contribution in [0.5, 0.6) is 0 Å². The molecular formula is C22H21N3O2S. The van der Waals surface area contributed by atoms with E-state index in [2.05, 4.69) is 35.3 Å². The third-order valence-electron chi connectivity index (χ3n) is 4.66. The van der Waals surface area contributed by atoms with E-state index >= 15 is 0 Å². The second-order valence-corrected chi connectivity index (χ2v) is 7.55. The molecule has 0 bridgehead atoms. The van der Waals surface area contributed by atoms with Crippen molar-refractivity contribution in [2.24, 2.45) is 0 Å². The van der Waals surface area contributed by atoms with Crippen molar-refractivity contribution in [1.29, 1.82) is 0 Å². The van der Waals surface area contributed by atoms with Gasteiger partial charge in [-0.1, -0.05) is 48.5 Å². The Morgan fingerprint density at radius 1 is 1.11 bits per heavy atom. The summed E-state index contributed by atoms with van der Waals surface area (Å²) in [5.74, 6) is 0.0206. The van der Waals surface area contributed by atoms with Crippen LogP contribution in [-0.2, 0) is 0 Å². The Bertz CT molecular complexity index is 1100. The lowest BCUT2D eigenvalue weighted by molar-refractivity contribution is 0.0769. The lowest BCUT2D eigenvalue weighted by atomic mass is 10.0. The summed E-state index contributed by atoms with van der Waals surface area (Å²) in [7, 11) is 0. The van der Waals surface area contributed by atoms with E-state index in [0.29, 0.717) is 27.7 Å². The predicted molar refractivity (Wildman–Crippen MR) is 112 cm³/mol. The predicted octanol–water partition coefficient (Wildman–Crippen LogP) is 5.49. The van der Waals surface area contributed by atoms with Crippen LogP contribution < -0.4 is 0 Å². The number of hydrogen-bond donors (Lipinski definition) is 0. The zero-order valence-electron chi connectivity index (χ0n) is 15.9. The van der Waals surface area contributed by atoms with Crippen LogP contribution >= 0.6 is 11.3 Å². The summed E-state index contributed by atoms with van der Waals surface area (Å²) in [5.41, 5.74) is 3.59. The maximum atomic E-state index is 12.7. The van der Waals surface area contributed by atoms with Gasteiger partial charge in [-0.3, -0.25) is 4.79 Å². The van der Waals surface area contributed by atoms with Crippen molar-refractivity contribution >= 4 is 28.2 Å². The third kappa shape index (κ3) is 3.43. The molecule has 4 rings (SSSR count). The van der Waals surface area contributed by atoms with Gasteiger partial charge >= 0.3 is 0 Å². The van der Waals surface area contributed by atoms with Crippen molar-refractivity contribution < 1.29 is 9.32 Å². The molecule has 5 nitrogen and oxygen atoms in total. The Morgan fingerprint density at radius 2 is 1.93 bits per heavy atom. The van der Waals surface area contributed by atoms with Gasteiger partial charge in [0.25, 0.3) is 5.91 Å². The Morgan fingerprint density at radius 3 is 2.68 bits per heavy atom. The smallest absolute Gasteiger partial charge is 0.265 e. The van der Waals surface area contributed by atoms with Gasteiger partial charge in [0.2, 0.25) is 0 Å². The van der Waals surface area contributed by atoms with Crippen molar-refractivity contribution in [3.05, 3.63) is 59.6 Å². The number of carbonyl (C=O) groups is 1. The zero-order valence-corrected chi connectivity index (χ0v) is 16.7. The quantitative estimate of drug-likeness (QED) is 0.436. The average molecular weight is 391 g/mol. The van der Waals surface area contributed by atoms with Gasteiger partial charge in [-0.25, -0.2) is 4.98 Å². The number of aromatic nitrogens is 2. The first kappa shape index (κ1) is 18.4. The van der Waals surface area contributed by atoms with Crippen LogP contribution in [0.15, 0.2) is 59.3 Å². The molecule has 0 N–H and O–H groups in total. The average Bonchev–Trinajstić information content (AvgIpc) is 3.38. The normalized spacial score (nSPS) is 11.1. The SMILES string of the molecule is CCCN(CC)C(=O)c1cnc(-c2noc3cc(-c4ccccc4)ccc23)s1. The van der Waals surface area contributed by atoms with E-state index < -0.39 is 0 Å². The molecule has 0 radical (unpaired) electrons. The molecule has 2 aromatic carbocycles. The number of thiazole rings is 1. The van der Waals surface area contributed by atoms with E-state index in [1.165, 1.54) is 11.3 Å². The molecule has 0 spiro atoms. The summed E-state index contributed by atoms with van der Waals surface area (Å²) in [6.07, 6.45) is 2.57. The largest absolute Gasteiger partial charge is 0.356 e. The number of amides is 1. The van der Waals surface area contributed by atoms with E-state index in [-0.39, 0.29) is 5.91 Å². The van der Waals surface area contributed by atoms with Crippen LogP contribution in [-0.4, -0.2) is 34.0 Å². The van der Waals surface area contributed by atoms with Crippen molar-refractivity contribution in [1.82, 2.24) is 15.0 Å². The summed E-state index contributed by atoms with van der Waals surface area (Å²) >= 11 is 1.36. The van der Waals surface area contributed by atoms with Crippen LogP contribution in [0.3, 0.4) is 0 Å². The zero-order chi connectivity index (χ0) is 19.5. The van der Waals surface area contributed by atoms with Gasteiger partial charge < -0.3 is 9.42 Å². The molecule has 142 valence electrons. The summed E-state index contributed by atoms with van der Waals surface area (Å²) in [4.78, 5) is 19.6. The fourth-order valence-electron chi connectivity index (χ4n) is 3.21. The fraction of sp³-hybridized carbons (Fsp3) is 0.227. The van der Waals surface area contributed by atoms with Gasteiger partial charge in [0.05, 0.1) is 11.6 Å². The topological polar surface area (TPSA) is 59.2 Å². The summed E-state index contributed by atoms with van der Waals surface area (Å²) in [5, 5.41) is 5.82. The molecular weight excluding hydrogens is 370 g/mol. The highest BCUT2D eigenvalue weighted by Crippen LogP contribution is 2.33. The minimum absolute atomic E-state index is 0.0206. The Kier molecular flexibility index (Phi) is 5.21. The lowest BCUT2D eigenvalue weighted by Gasteiger charge is -2.18. The molecule has 0 saturated carbocycles. The van der Waals surface area contributed by atoms with E-state index in [1.807, 2.05) is 42.2 Å². The third-order valence-corrected chi connectivity index (χ3v) is 5.65. The van der Waals surface area contributed by atoms with Gasteiger partial charge in [0, 0.05) is 13.1 Å². The molecule has 2 heterocycles. The molecule has 0 aliphatic carbocycles. The highest BCUT2D eigenvalue weighted by atomic mass is 32.1. The molecule has 28 heavy (non-hydrogen) atoms. The Hall–Kier alpha value is -2.99. The molecule has 0 fully saturated rings. The van der Waals surface area contributed by atoms with Gasteiger partial charge in [0.1, 0.15) is 15.6 Å². The Balaban J connectivity index is 1.65. The van der Waals surface area contributed by atoms with Crippen molar-refractivity contribution in [2.45, 2.75) is 20.3 Å². The van der Waals surface area contributed by atoms with Gasteiger partial charge in [-0.2, -0.15) is 0 Å². The van der Waals surface area contributed by atoms with Crippen molar-refractivity contribution in [3.63, 3.8) is 0 Å². The van der Waals surface area contributed by atoms with Crippen molar-refractivity contribution in [2.75, 3.05) is 13.1 Å². The molecule has 0 saturated heterocycles. The highest BCUT2D eigenvalue weighted by molar-refractivity contribution is 7.17. The van der Waals surface area contributed by atoms with Gasteiger partial charge in [-0.15, -0.1) is 11.3 Å². The van der Waals surface area contributed by atoms with E-state index in [0.717, 1.165) is 29.5 Å². The second kappa shape index (κ2) is 7.94. The van der Waals surface area contributed by atoms with Crippen LogP contribution in [0.25, 0.3) is 32.8 Å². The van der Waals surface area contributed by atoms with Crippen molar-refractivity contribution in [3.8, 4) is 21.8 Å². The van der Waals surface area contributed by atoms with E-state index in [9.17, 15) is 4.79 Å². The Labute approximate surface area is 167 Å². The molecule has 6 heteroatoms. The van der Waals surface area contributed by atoms with Gasteiger partial charge in [0.15, 0.2) is 5.58 Å². The first-order chi connectivity index (χ1) is 13.7. The monoisotopic (exact) mass is 391 g/mol. The fourth-order valence-corrected chi connectivity index (χ4v) is 4.09. The van der Waals surface area contributed by atoms with E-state index in [1.54, 1.807) is 6.20 Å². The van der Waals surface area contributed by atoms with E-state index in [4.69, 9.17) is 4.52 Å².